The van der Waals surface area contributed by atoms with Crippen molar-refractivity contribution < 1.29 is 18.0 Å². The number of piperidine rings is 1. The van der Waals surface area contributed by atoms with Gasteiger partial charge in [-0.2, -0.15) is 4.31 Å². The average Bonchev–Trinajstić information content (AvgIpc) is 3.21. The van der Waals surface area contributed by atoms with E-state index in [1.807, 2.05) is 41.3 Å². The third-order valence-corrected chi connectivity index (χ3v) is 10.4. The molecule has 12 heteroatoms. The summed E-state index contributed by atoms with van der Waals surface area (Å²) in [6, 6.07) is 20.8. The van der Waals surface area contributed by atoms with Gasteiger partial charge in [0.25, 0.3) is 0 Å². The Balaban J connectivity index is 1.28. The molecule has 2 aliphatic rings. The van der Waals surface area contributed by atoms with Crippen molar-refractivity contribution in [3.05, 3.63) is 93.4 Å². The van der Waals surface area contributed by atoms with Gasteiger partial charge in [0.05, 0.1) is 11.6 Å². The van der Waals surface area contributed by atoms with Crippen LogP contribution in [0.5, 0.6) is 0 Å². The summed E-state index contributed by atoms with van der Waals surface area (Å²) in [6.45, 7) is 0.811. The van der Waals surface area contributed by atoms with E-state index in [2.05, 4.69) is 5.32 Å². The number of nitrogens with one attached hydrogen (secondary N) is 1. The number of sulfonamides is 1. The molecule has 0 radical (unpaired) electrons. The number of hydrogen-bond acceptors (Lipinski definition) is 5. The maximum Gasteiger partial charge on any atom is 0.250 e. The molecule has 2 saturated heterocycles. The van der Waals surface area contributed by atoms with Gasteiger partial charge in [0, 0.05) is 40.4 Å². The van der Waals surface area contributed by atoms with Crippen LogP contribution in [0.3, 0.4) is 0 Å². The van der Waals surface area contributed by atoms with Crippen molar-refractivity contribution in [1.29, 1.82) is 0 Å². The van der Waals surface area contributed by atoms with Crippen molar-refractivity contribution in [2.45, 2.75) is 29.7 Å². The fourth-order valence-electron chi connectivity index (χ4n) is 5.46. The molecule has 0 aliphatic carbocycles. The summed E-state index contributed by atoms with van der Waals surface area (Å²) < 4.78 is 28.0. The molecule has 2 heterocycles. The Morgan fingerprint density at radius 3 is 2.22 bits per heavy atom. The first-order valence-electron chi connectivity index (χ1n) is 13.2. The van der Waals surface area contributed by atoms with Gasteiger partial charge in [0.2, 0.25) is 21.8 Å². The highest BCUT2D eigenvalue weighted by Gasteiger charge is 2.55. The van der Waals surface area contributed by atoms with Gasteiger partial charge < -0.3 is 15.1 Å². The summed E-state index contributed by atoms with van der Waals surface area (Å²) in [4.78, 5) is 30.5. The molecule has 3 aromatic rings. The molecule has 41 heavy (non-hydrogen) atoms. The topological polar surface area (TPSA) is 90.0 Å². The lowest BCUT2D eigenvalue weighted by Gasteiger charge is -2.42. The van der Waals surface area contributed by atoms with Crippen LogP contribution in [0.1, 0.15) is 18.4 Å². The van der Waals surface area contributed by atoms with Gasteiger partial charge in [-0.3, -0.25) is 9.59 Å². The standard InChI is InChI=1S/C29H29Cl3N4O4S/c30-22-8-10-25(11-9-22)41(39,40)35-16-13-29(14-17-35)28(38)34(20-36(29)24-4-2-1-3-5-24)19-27(37)33-15-12-21-6-7-23(31)18-26(21)32/h1-11,18H,12-17,19-20H2,(H,33,37). The summed E-state index contributed by atoms with van der Waals surface area (Å²) in [5.74, 6) is -0.461. The normalized spacial score (nSPS) is 17.3. The number of carbonyl (C=O) groups excluding carboxylic acids is 2. The van der Waals surface area contributed by atoms with Crippen molar-refractivity contribution in [2.75, 3.05) is 37.7 Å². The molecule has 2 fully saturated rings. The Morgan fingerprint density at radius 1 is 0.902 bits per heavy atom. The summed E-state index contributed by atoms with van der Waals surface area (Å²) >= 11 is 18.1. The molecule has 0 bridgehead atoms. The average molecular weight is 636 g/mol. The SMILES string of the molecule is O=C(CN1CN(c2ccccc2)C2(CCN(S(=O)(=O)c3ccc(Cl)cc3)CC2)C1=O)NCCc1ccc(Cl)cc1Cl. The third-order valence-electron chi connectivity index (χ3n) is 7.65. The van der Waals surface area contributed by atoms with Crippen LogP contribution in [0.4, 0.5) is 5.69 Å². The smallest absolute Gasteiger partial charge is 0.250 e. The minimum Gasteiger partial charge on any atom is -0.354 e. The van der Waals surface area contributed by atoms with Crippen molar-refractivity contribution in [2.24, 2.45) is 0 Å². The number of halogens is 3. The lowest BCUT2D eigenvalue weighted by atomic mass is 9.86. The summed E-state index contributed by atoms with van der Waals surface area (Å²) in [5.41, 5.74) is 0.753. The van der Waals surface area contributed by atoms with Gasteiger partial charge in [-0.25, -0.2) is 8.42 Å². The first-order chi connectivity index (χ1) is 19.6. The Morgan fingerprint density at radius 2 is 1.56 bits per heavy atom. The first kappa shape index (κ1) is 29.7. The Hall–Kier alpha value is -2.82. The minimum absolute atomic E-state index is 0.106. The van der Waals surface area contributed by atoms with Gasteiger partial charge in [0.1, 0.15) is 12.1 Å². The van der Waals surface area contributed by atoms with Crippen LogP contribution in [-0.2, 0) is 26.0 Å². The Kier molecular flexibility index (Phi) is 8.82. The lowest BCUT2D eigenvalue weighted by molar-refractivity contribution is -0.137. The second-order valence-electron chi connectivity index (χ2n) is 10.1. The zero-order chi connectivity index (χ0) is 29.2. The van der Waals surface area contributed by atoms with Crippen LogP contribution in [0.15, 0.2) is 77.7 Å². The fourth-order valence-corrected chi connectivity index (χ4v) is 7.54. The number of nitrogens with zero attached hydrogens (tertiary/aromatic N) is 3. The summed E-state index contributed by atoms with van der Waals surface area (Å²) in [6.07, 6.45) is 1.11. The zero-order valence-electron chi connectivity index (χ0n) is 22.1. The largest absolute Gasteiger partial charge is 0.354 e. The highest BCUT2D eigenvalue weighted by Crippen LogP contribution is 2.40. The second kappa shape index (κ2) is 12.2. The first-order valence-corrected chi connectivity index (χ1v) is 15.8. The molecule has 8 nitrogen and oxygen atoms in total. The summed E-state index contributed by atoms with van der Waals surface area (Å²) in [7, 11) is -3.75. The van der Waals surface area contributed by atoms with Gasteiger partial charge in [-0.05, 0) is 73.4 Å². The van der Waals surface area contributed by atoms with Gasteiger partial charge in [-0.15, -0.1) is 0 Å². The number of amides is 2. The fraction of sp³-hybridized carbons (Fsp3) is 0.310. The van der Waals surface area contributed by atoms with Gasteiger partial charge in [0.15, 0.2) is 0 Å². The van der Waals surface area contributed by atoms with E-state index in [-0.39, 0.29) is 43.0 Å². The molecule has 0 saturated carbocycles. The maximum atomic E-state index is 13.9. The summed E-state index contributed by atoms with van der Waals surface area (Å²) in [5, 5.41) is 4.40. The van der Waals surface area contributed by atoms with Crippen LogP contribution < -0.4 is 10.2 Å². The number of carbonyl (C=O) groups is 2. The predicted molar refractivity (Wildman–Crippen MR) is 161 cm³/mol. The van der Waals surface area contributed by atoms with E-state index in [1.54, 1.807) is 29.2 Å². The van der Waals surface area contributed by atoms with E-state index < -0.39 is 15.6 Å². The van der Waals surface area contributed by atoms with Crippen LogP contribution in [-0.4, -0.2) is 67.8 Å². The zero-order valence-corrected chi connectivity index (χ0v) is 25.2. The quantitative estimate of drug-likeness (QED) is 0.383. The Labute approximate surface area is 254 Å². The second-order valence-corrected chi connectivity index (χ2v) is 13.4. The van der Waals surface area contributed by atoms with Crippen molar-refractivity contribution >= 4 is 62.3 Å². The molecule has 1 N–H and O–H groups in total. The molecule has 2 amide bonds. The van der Waals surface area contributed by atoms with Crippen molar-refractivity contribution in [3.63, 3.8) is 0 Å². The Bertz CT molecular complexity index is 1530. The van der Waals surface area contributed by atoms with Gasteiger partial charge in [-0.1, -0.05) is 59.1 Å². The number of rotatable bonds is 8. The number of hydrogen-bond donors (Lipinski definition) is 1. The minimum atomic E-state index is -3.75. The van der Waals surface area contributed by atoms with Crippen molar-refractivity contribution in [3.8, 4) is 0 Å². The number of para-hydroxylation sites is 1. The molecule has 5 rings (SSSR count). The van der Waals surface area contributed by atoms with E-state index in [0.717, 1.165) is 11.3 Å². The third kappa shape index (κ3) is 6.20. The van der Waals surface area contributed by atoms with Crippen LogP contribution in [0.2, 0.25) is 15.1 Å². The molecule has 216 valence electrons. The molecule has 2 aliphatic heterocycles. The lowest BCUT2D eigenvalue weighted by Crippen LogP contribution is -2.57. The number of anilines is 1. The van der Waals surface area contributed by atoms with Crippen molar-refractivity contribution in [1.82, 2.24) is 14.5 Å². The highest BCUT2D eigenvalue weighted by atomic mass is 35.5. The van der Waals surface area contributed by atoms with E-state index in [9.17, 15) is 18.0 Å². The predicted octanol–water partition coefficient (Wildman–Crippen LogP) is 4.84. The maximum absolute atomic E-state index is 13.9. The number of benzene rings is 3. The van der Waals surface area contributed by atoms with Crippen LogP contribution in [0, 0.1) is 0 Å². The molecule has 0 atom stereocenters. The monoisotopic (exact) mass is 634 g/mol. The van der Waals surface area contributed by atoms with Gasteiger partial charge >= 0.3 is 0 Å². The molecule has 0 unspecified atom stereocenters. The van der Waals surface area contributed by atoms with Crippen LogP contribution in [0.25, 0.3) is 0 Å². The molecule has 1 spiro atoms. The van der Waals surface area contributed by atoms with E-state index in [4.69, 9.17) is 34.8 Å². The highest BCUT2D eigenvalue weighted by molar-refractivity contribution is 7.89. The van der Waals surface area contributed by atoms with E-state index >= 15 is 0 Å². The molecule has 3 aromatic carbocycles. The molecular weight excluding hydrogens is 607 g/mol. The molecule has 0 aromatic heterocycles. The molecular formula is C29H29Cl3N4O4S. The van der Waals surface area contributed by atoms with E-state index in [1.165, 1.54) is 16.4 Å². The van der Waals surface area contributed by atoms with E-state index in [0.29, 0.717) is 40.9 Å². The van der Waals surface area contributed by atoms with Crippen LogP contribution >= 0.6 is 34.8 Å².